The number of aromatic nitrogens is 1. The van der Waals surface area contributed by atoms with Crippen LogP contribution in [0.5, 0.6) is 0 Å². The number of halogens is 1. The molecule has 19 heavy (non-hydrogen) atoms. The monoisotopic (exact) mass is 348 g/mol. The Labute approximate surface area is 121 Å². The van der Waals surface area contributed by atoms with Crippen molar-refractivity contribution in [1.82, 2.24) is 9.71 Å². The first-order valence-corrected chi connectivity index (χ1v) is 8.55. The van der Waals surface area contributed by atoms with Crippen molar-refractivity contribution in [2.24, 2.45) is 5.92 Å². The Bertz CT molecular complexity index is 536. The fraction of sp³-hybridized carbons (Fsp3) is 0.583. The lowest BCUT2D eigenvalue weighted by Crippen LogP contribution is -2.36. The lowest BCUT2D eigenvalue weighted by Gasteiger charge is -2.27. The number of nitrogens with one attached hydrogen (secondary N) is 1. The smallest absolute Gasteiger partial charge is 0.242 e. The van der Waals surface area contributed by atoms with Crippen molar-refractivity contribution in [3.63, 3.8) is 0 Å². The summed E-state index contributed by atoms with van der Waals surface area (Å²) in [6, 6.07) is 1.51. The third-order valence-corrected chi connectivity index (χ3v) is 5.22. The first-order valence-electron chi connectivity index (χ1n) is 6.27. The summed E-state index contributed by atoms with van der Waals surface area (Å²) in [6.45, 7) is 0.274. The number of hydrogen-bond acceptors (Lipinski definition) is 4. The molecular formula is C12H17BrN2O3S. The predicted octanol–water partition coefficient (Wildman–Crippen LogP) is 1.67. The molecule has 0 aliphatic heterocycles. The maximum atomic E-state index is 12.1. The topological polar surface area (TPSA) is 79.3 Å². The molecule has 0 amide bonds. The zero-order valence-corrected chi connectivity index (χ0v) is 12.8. The zero-order chi connectivity index (χ0) is 13.9. The molecule has 0 spiro atoms. The van der Waals surface area contributed by atoms with Gasteiger partial charge in [-0.2, -0.15) is 0 Å². The second-order valence-corrected chi connectivity index (χ2v) is 7.49. The summed E-state index contributed by atoms with van der Waals surface area (Å²) in [7, 11) is -3.56. The Morgan fingerprint density at radius 1 is 1.37 bits per heavy atom. The highest BCUT2D eigenvalue weighted by Crippen LogP contribution is 2.24. The van der Waals surface area contributed by atoms with Crippen LogP contribution in [0.1, 0.15) is 25.7 Å². The van der Waals surface area contributed by atoms with E-state index in [1.54, 1.807) is 0 Å². The summed E-state index contributed by atoms with van der Waals surface area (Å²) in [5.74, 6) is 0.00337. The largest absolute Gasteiger partial charge is 0.393 e. The van der Waals surface area contributed by atoms with Crippen molar-refractivity contribution >= 4 is 26.0 Å². The Hall–Kier alpha value is -0.500. The lowest BCUT2D eigenvalue weighted by molar-refractivity contribution is 0.0724. The molecule has 1 aromatic heterocycles. The van der Waals surface area contributed by atoms with E-state index in [9.17, 15) is 13.5 Å². The van der Waals surface area contributed by atoms with E-state index in [0.29, 0.717) is 4.47 Å². The van der Waals surface area contributed by atoms with Crippen LogP contribution in [0.25, 0.3) is 0 Å². The molecule has 0 aromatic carbocycles. The van der Waals surface area contributed by atoms with Crippen LogP contribution in [-0.2, 0) is 10.0 Å². The zero-order valence-electron chi connectivity index (χ0n) is 10.4. The van der Waals surface area contributed by atoms with Gasteiger partial charge in [-0.1, -0.05) is 12.8 Å². The van der Waals surface area contributed by atoms with Gasteiger partial charge in [0, 0.05) is 23.4 Å². The van der Waals surface area contributed by atoms with E-state index in [4.69, 9.17) is 0 Å². The van der Waals surface area contributed by atoms with Gasteiger partial charge in [-0.3, -0.25) is 4.98 Å². The van der Waals surface area contributed by atoms with Crippen LogP contribution < -0.4 is 4.72 Å². The van der Waals surface area contributed by atoms with Crippen LogP contribution in [0.4, 0.5) is 0 Å². The van der Waals surface area contributed by atoms with Crippen LogP contribution >= 0.6 is 15.9 Å². The maximum absolute atomic E-state index is 12.1. The molecule has 1 saturated carbocycles. The molecule has 0 bridgehead atoms. The van der Waals surface area contributed by atoms with Gasteiger partial charge in [0.15, 0.2) is 0 Å². The summed E-state index contributed by atoms with van der Waals surface area (Å²) >= 11 is 3.20. The molecule has 1 aliphatic carbocycles. The number of nitrogens with zero attached hydrogens (tertiary/aromatic N) is 1. The number of pyridine rings is 1. The molecular weight excluding hydrogens is 332 g/mol. The Balaban J connectivity index is 2.01. The van der Waals surface area contributed by atoms with E-state index in [1.165, 1.54) is 18.5 Å². The van der Waals surface area contributed by atoms with Gasteiger partial charge in [0.2, 0.25) is 10.0 Å². The molecule has 5 nitrogen and oxygen atoms in total. The van der Waals surface area contributed by atoms with Gasteiger partial charge in [0.1, 0.15) is 4.90 Å². The molecule has 1 heterocycles. The molecule has 0 saturated heterocycles. The van der Waals surface area contributed by atoms with Gasteiger partial charge in [-0.05, 0) is 40.8 Å². The second kappa shape index (κ2) is 6.30. The average Bonchev–Trinajstić information content (AvgIpc) is 2.38. The van der Waals surface area contributed by atoms with Gasteiger partial charge < -0.3 is 5.11 Å². The standard InChI is InChI=1S/C12H17BrN2O3S/c13-10-5-11(8-14-7-10)19(17,18)15-6-9-3-1-2-4-12(9)16/h5,7-9,12,15-16H,1-4,6H2. The fourth-order valence-electron chi connectivity index (χ4n) is 2.27. The third kappa shape index (κ3) is 3.98. The molecule has 2 rings (SSSR count). The van der Waals surface area contributed by atoms with Gasteiger partial charge in [-0.15, -0.1) is 0 Å². The summed E-state index contributed by atoms with van der Waals surface area (Å²) in [5, 5.41) is 9.83. The number of aliphatic hydroxyl groups excluding tert-OH is 1. The molecule has 2 N–H and O–H groups in total. The number of aliphatic hydroxyl groups is 1. The van der Waals surface area contributed by atoms with E-state index in [2.05, 4.69) is 25.6 Å². The van der Waals surface area contributed by atoms with E-state index in [1.807, 2.05) is 0 Å². The Morgan fingerprint density at radius 2 is 2.11 bits per heavy atom. The molecule has 1 aliphatic rings. The van der Waals surface area contributed by atoms with E-state index < -0.39 is 16.1 Å². The van der Waals surface area contributed by atoms with Gasteiger partial charge in [0.05, 0.1) is 6.10 Å². The maximum Gasteiger partial charge on any atom is 0.242 e. The highest BCUT2D eigenvalue weighted by atomic mass is 79.9. The summed E-state index contributed by atoms with van der Waals surface area (Å²) in [4.78, 5) is 3.98. The van der Waals surface area contributed by atoms with Gasteiger partial charge in [0.25, 0.3) is 0 Å². The predicted molar refractivity (Wildman–Crippen MR) is 75.1 cm³/mol. The molecule has 7 heteroatoms. The number of sulfonamides is 1. The van der Waals surface area contributed by atoms with E-state index in [0.717, 1.165) is 25.7 Å². The SMILES string of the molecule is O=S(=O)(NCC1CCCCC1O)c1cncc(Br)c1. The van der Waals surface area contributed by atoms with Crippen LogP contribution in [0, 0.1) is 5.92 Å². The van der Waals surface area contributed by atoms with Crippen molar-refractivity contribution < 1.29 is 13.5 Å². The summed E-state index contributed by atoms with van der Waals surface area (Å²) in [5.41, 5.74) is 0. The number of rotatable bonds is 4. The second-order valence-electron chi connectivity index (χ2n) is 4.80. The van der Waals surface area contributed by atoms with Crippen molar-refractivity contribution in [2.45, 2.75) is 36.7 Å². The quantitative estimate of drug-likeness (QED) is 0.867. The summed E-state index contributed by atoms with van der Waals surface area (Å²) in [6.07, 6.45) is 6.11. The molecule has 0 radical (unpaired) electrons. The van der Waals surface area contributed by atoms with E-state index in [-0.39, 0.29) is 17.4 Å². The minimum atomic E-state index is -3.56. The summed E-state index contributed by atoms with van der Waals surface area (Å²) < 4.78 is 27.3. The first-order chi connectivity index (χ1) is 8.99. The van der Waals surface area contributed by atoms with Crippen LogP contribution in [0.2, 0.25) is 0 Å². The molecule has 106 valence electrons. The molecule has 1 fully saturated rings. The average molecular weight is 349 g/mol. The molecule has 2 atom stereocenters. The van der Waals surface area contributed by atoms with Crippen molar-refractivity contribution in [3.8, 4) is 0 Å². The fourth-order valence-corrected chi connectivity index (χ4v) is 3.86. The minimum Gasteiger partial charge on any atom is -0.393 e. The van der Waals surface area contributed by atoms with Crippen LogP contribution in [0.3, 0.4) is 0 Å². The third-order valence-electron chi connectivity index (χ3n) is 3.39. The van der Waals surface area contributed by atoms with Crippen LogP contribution in [0.15, 0.2) is 27.8 Å². The number of hydrogen-bond donors (Lipinski definition) is 2. The molecule has 2 unspecified atom stereocenters. The van der Waals surface area contributed by atoms with Crippen molar-refractivity contribution in [1.29, 1.82) is 0 Å². The minimum absolute atomic E-state index is 0.00337. The van der Waals surface area contributed by atoms with E-state index >= 15 is 0 Å². The Morgan fingerprint density at radius 3 is 2.79 bits per heavy atom. The first kappa shape index (κ1) is 14.9. The van der Waals surface area contributed by atoms with Gasteiger partial charge >= 0.3 is 0 Å². The van der Waals surface area contributed by atoms with Gasteiger partial charge in [-0.25, -0.2) is 13.1 Å². The highest BCUT2D eigenvalue weighted by Gasteiger charge is 2.25. The normalized spacial score (nSPS) is 24.3. The molecule has 1 aromatic rings. The van der Waals surface area contributed by atoms with Crippen molar-refractivity contribution in [3.05, 3.63) is 22.9 Å². The van der Waals surface area contributed by atoms with Crippen molar-refractivity contribution in [2.75, 3.05) is 6.54 Å². The Kier molecular flexibility index (Phi) is 4.94. The lowest BCUT2D eigenvalue weighted by atomic mass is 9.87. The highest BCUT2D eigenvalue weighted by molar-refractivity contribution is 9.10. The van der Waals surface area contributed by atoms with Crippen LogP contribution in [-0.4, -0.2) is 31.2 Å².